The van der Waals surface area contributed by atoms with Gasteiger partial charge in [0.2, 0.25) is 0 Å². The van der Waals surface area contributed by atoms with Crippen LogP contribution in [0, 0.1) is 5.41 Å². The van der Waals surface area contributed by atoms with Gasteiger partial charge in [0.15, 0.2) is 5.78 Å². The van der Waals surface area contributed by atoms with Crippen LogP contribution in [0.1, 0.15) is 40.0 Å². The monoisotopic (exact) mass is 404 g/mol. The predicted molar refractivity (Wildman–Crippen MR) is 119 cm³/mol. The number of para-hydroxylation sites is 3. The van der Waals surface area contributed by atoms with Crippen molar-refractivity contribution in [1.82, 2.24) is 0 Å². The summed E-state index contributed by atoms with van der Waals surface area (Å²) < 4.78 is 5.56. The topological polar surface area (TPSA) is 58.6 Å². The third kappa shape index (κ3) is 3.97. The number of ketones is 1. The van der Waals surface area contributed by atoms with Gasteiger partial charge in [-0.2, -0.15) is 0 Å². The van der Waals surface area contributed by atoms with Crippen LogP contribution in [-0.2, 0) is 9.59 Å². The summed E-state index contributed by atoms with van der Waals surface area (Å²) in [6, 6.07) is 16.8. The maximum Gasteiger partial charge on any atom is 0.330 e. The Morgan fingerprint density at radius 2 is 1.80 bits per heavy atom. The fourth-order valence-corrected chi connectivity index (χ4v) is 4.56. The molecule has 0 fully saturated rings. The standard InChI is InChI=1S/C25H28N2O3/c1-4-20-24-19(14-25(2,3)15-22(24)28)26-18-12-8-9-13-21(18)27(20)16-23(29)30-17-10-6-5-7-11-17/h5-13,20,26H,4,14-16H2,1-3H3. The minimum absolute atomic E-state index is 0.0690. The van der Waals surface area contributed by atoms with Gasteiger partial charge < -0.3 is 15.0 Å². The molecule has 1 N–H and O–H groups in total. The van der Waals surface area contributed by atoms with Crippen molar-refractivity contribution in [3.63, 3.8) is 0 Å². The molecule has 0 saturated carbocycles. The number of benzene rings is 2. The van der Waals surface area contributed by atoms with Gasteiger partial charge in [-0.25, -0.2) is 4.79 Å². The fourth-order valence-electron chi connectivity index (χ4n) is 4.56. The molecule has 1 atom stereocenters. The number of Topliss-reactive ketones (excluding diaryl/α,β-unsaturated/α-hetero) is 1. The second kappa shape index (κ2) is 7.98. The Morgan fingerprint density at radius 3 is 2.53 bits per heavy atom. The van der Waals surface area contributed by atoms with Gasteiger partial charge in [0.1, 0.15) is 12.3 Å². The second-order valence-corrected chi connectivity index (χ2v) is 8.81. The molecule has 4 rings (SSSR count). The third-order valence-corrected chi connectivity index (χ3v) is 5.79. The van der Waals surface area contributed by atoms with Crippen LogP contribution < -0.4 is 15.0 Å². The van der Waals surface area contributed by atoms with E-state index in [1.165, 1.54) is 0 Å². The van der Waals surface area contributed by atoms with Crippen molar-refractivity contribution < 1.29 is 14.3 Å². The summed E-state index contributed by atoms with van der Waals surface area (Å²) in [5.74, 6) is 0.337. The Labute approximate surface area is 177 Å². The van der Waals surface area contributed by atoms with E-state index < -0.39 is 0 Å². The molecule has 0 radical (unpaired) electrons. The van der Waals surface area contributed by atoms with E-state index in [4.69, 9.17) is 4.74 Å². The second-order valence-electron chi connectivity index (χ2n) is 8.81. The van der Waals surface area contributed by atoms with Gasteiger partial charge in [-0.3, -0.25) is 4.79 Å². The first-order valence-corrected chi connectivity index (χ1v) is 10.5. The summed E-state index contributed by atoms with van der Waals surface area (Å²) in [6.07, 6.45) is 2.05. The summed E-state index contributed by atoms with van der Waals surface area (Å²) in [6.45, 7) is 6.39. The molecule has 0 saturated heterocycles. The van der Waals surface area contributed by atoms with Crippen LogP contribution in [0.4, 0.5) is 11.4 Å². The number of nitrogens with one attached hydrogen (secondary N) is 1. The molecule has 1 aliphatic carbocycles. The lowest BCUT2D eigenvalue weighted by Gasteiger charge is -2.37. The van der Waals surface area contributed by atoms with E-state index in [2.05, 4.69) is 26.1 Å². The van der Waals surface area contributed by atoms with E-state index in [1.807, 2.05) is 47.4 Å². The van der Waals surface area contributed by atoms with Crippen molar-refractivity contribution >= 4 is 23.1 Å². The van der Waals surface area contributed by atoms with E-state index in [0.29, 0.717) is 12.2 Å². The normalized spacial score (nSPS) is 20.0. The minimum Gasteiger partial charge on any atom is -0.425 e. The number of hydrogen-bond donors (Lipinski definition) is 1. The summed E-state index contributed by atoms with van der Waals surface area (Å²) in [4.78, 5) is 28.0. The molecule has 2 aliphatic rings. The van der Waals surface area contributed by atoms with Gasteiger partial charge in [-0.15, -0.1) is 0 Å². The van der Waals surface area contributed by atoms with Crippen LogP contribution >= 0.6 is 0 Å². The Morgan fingerprint density at radius 1 is 1.10 bits per heavy atom. The molecule has 156 valence electrons. The first-order chi connectivity index (χ1) is 14.4. The number of carbonyl (C=O) groups is 2. The number of anilines is 2. The Bertz CT molecular complexity index is 994. The van der Waals surface area contributed by atoms with Crippen LogP contribution in [0.2, 0.25) is 0 Å². The third-order valence-electron chi connectivity index (χ3n) is 5.79. The summed E-state index contributed by atoms with van der Waals surface area (Å²) in [5.41, 5.74) is 3.53. The molecule has 2 aromatic rings. The molecule has 5 nitrogen and oxygen atoms in total. The van der Waals surface area contributed by atoms with Crippen LogP contribution in [0.5, 0.6) is 5.75 Å². The highest BCUT2D eigenvalue weighted by atomic mass is 16.5. The zero-order valence-electron chi connectivity index (χ0n) is 17.8. The molecule has 1 aliphatic heterocycles. The molecule has 30 heavy (non-hydrogen) atoms. The average Bonchev–Trinajstić information content (AvgIpc) is 2.82. The number of nitrogens with zero attached hydrogens (tertiary/aromatic N) is 1. The molecule has 0 spiro atoms. The lowest BCUT2D eigenvalue weighted by atomic mass is 9.74. The van der Waals surface area contributed by atoms with E-state index >= 15 is 0 Å². The number of allylic oxidation sites excluding steroid dienone is 1. The molecule has 2 aromatic carbocycles. The number of hydrogen-bond acceptors (Lipinski definition) is 5. The first-order valence-electron chi connectivity index (χ1n) is 10.5. The van der Waals surface area contributed by atoms with Crippen molar-refractivity contribution in [2.45, 2.75) is 46.1 Å². The Hall–Kier alpha value is -3.08. The number of fused-ring (bicyclic) bond motifs is 1. The highest BCUT2D eigenvalue weighted by Crippen LogP contribution is 2.44. The van der Waals surface area contributed by atoms with Crippen LogP contribution in [0.25, 0.3) is 0 Å². The van der Waals surface area contributed by atoms with Crippen molar-refractivity contribution in [2.24, 2.45) is 5.41 Å². The highest BCUT2D eigenvalue weighted by Gasteiger charge is 2.40. The van der Waals surface area contributed by atoms with Crippen molar-refractivity contribution in [1.29, 1.82) is 0 Å². The van der Waals surface area contributed by atoms with Crippen molar-refractivity contribution in [3.05, 3.63) is 65.9 Å². The SMILES string of the molecule is CCC1C2=C(CC(C)(C)CC2=O)Nc2ccccc2N1CC(=O)Oc1ccccc1. The van der Waals surface area contributed by atoms with E-state index in [-0.39, 0.29) is 29.8 Å². The number of carbonyl (C=O) groups excluding carboxylic acids is 2. The largest absolute Gasteiger partial charge is 0.425 e. The average molecular weight is 405 g/mol. The van der Waals surface area contributed by atoms with Gasteiger partial charge in [-0.1, -0.05) is 51.1 Å². The number of ether oxygens (including phenoxy) is 1. The smallest absolute Gasteiger partial charge is 0.330 e. The van der Waals surface area contributed by atoms with Crippen molar-refractivity contribution in [2.75, 3.05) is 16.8 Å². The van der Waals surface area contributed by atoms with Crippen LogP contribution in [-0.4, -0.2) is 24.3 Å². The van der Waals surface area contributed by atoms with Gasteiger partial charge in [0, 0.05) is 17.7 Å². The quantitative estimate of drug-likeness (QED) is 0.577. The molecule has 0 amide bonds. The Kier molecular flexibility index (Phi) is 5.37. The van der Waals surface area contributed by atoms with Crippen molar-refractivity contribution in [3.8, 4) is 5.75 Å². The maximum absolute atomic E-state index is 13.2. The molecule has 1 unspecified atom stereocenters. The predicted octanol–water partition coefficient (Wildman–Crippen LogP) is 4.95. The maximum atomic E-state index is 13.2. The Balaban J connectivity index is 1.72. The van der Waals surface area contributed by atoms with Gasteiger partial charge in [0.25, 0.3) is 0 Å². The first kappa shape index (κ1) is 20.2. The molecular weight excluding hydrogens is 376 g/mol. The lowest BCUT2D eigenvalue weighted by molar-refractivity contribution is -0.133. The zero-order valence-corrected chi connectivity index (χ0v) is 17.8. The van der Waals surface area contributed by atoms with Crippen LogP contribution in [0.15, 0.2) is 65.9 Å². The van der Waals surface area contributed by atoms with Gasteiger partial charge >= 0.3 is 5.97 Å². The molecular formula is C25H28N2O3. The summed E-state index contributed by atoms with van der Waals surface area (Å²) >= 11 is 0. The molecule has 1 heterocycles. The lowest BCUT2D eigenvalue weighted by Crippen LogP contribution is -2.44. The zero-order chi connectivity index (χ0) is 21.3. The van der Waals surface area contributed by atoms with Crippen LogP contribution in [0.3, 0.4) is 0 Å². The van der Waals surface area contributed by atoms with E-state index in [9.17, 15) is 9.59 Å². The van der Waals surface area contributed by atoms with Gasteiger partial charge in [-0.05, 0) is 42.5 Å². The van der Waals surface area contributed by atoms with Gasteiger partial charge in [0.05, 0.1) is 17.4 Å². The molecule has 5 heteroatoms. The molecule has 0 bridgehead atoms. The van der Waals surface area contributed by atoms with E-state index in [0.717, 1.165) is 35.5 Å². The fraction of sp³-hybridized carbons (Fsp3) is 0.360. The number of rotatable bonds is 4. The highest BCUT2D eigenvalue weighted by molar-refractivity contribution is 6.01. The molecule has 0 aromatic heterocycles. The summed E-state index contributed by atoms with van der Waals surface area (Å²) in [5, 5.41) is 3.53. The minimum atomic E-state index is -0.345. The van der Waals surface area contributed by atoms with E-state index in [1.54, 1.807) is 12.1 Å². The summed E-state index contributed by atoms with van der Waals surface area (Å²) in [7, 11) is 0. The number of esters is 1.